The van der Waals surface area contributed by atoms with E-state index in [0.717, 1.165) is 43.2 Å². The highest BCUT2D eigenvalue weighted by molar-refractivity contribution is 7.88. The van der Waals surface area contributed by atoms with E-state index >= 15 is 0 Å². The molecule has 1 unspecified atom stereocenters. The van der Waals surface area contributed by atoms with Gasteiger partial charge in [-0.25, -0.2) is 18.1 Å². The minimum absolute atomic E-state index is 0.171. The van der Waals surface area contributed by atoms with Crippen LogP contribution in [0.3, 0.4) is 0 Å². The molecule has 0 spiro atoms. The van der Waals surface area contributed by atoms with Crippen LogP contribution in [0.5, 0.6) is 0 Å². The van der Waals surface area contributed by atoms with Gasteiger partial charge >= 0.3 is 6.18 Å². The molecule has 1 saturated heterocycles. The van der Waals surface area contributed by atoms with E-state index in [4.69, 9.17) is 0 Å². The Balaban J connectivity index is 1.54. The molecular formula is C17H20F3N3O2S2. The van der Waals surface area contributed by atoms with Crippen LogP contribution in [0.1, 0.15) is 24.0 Å². The Morgan fingerprint density at radius 1 is 1.26 bits per heavy atom. The molecular weight excluding hydrogens is 399 g/mol. The minimum atomic E-state index is -4.43. The number of hydrogen-bond acceptors (Lipinski definition) is 5. The van der Waals surface area contributed by atoms with Gasteiger partial charge in [0.05, 0.1) is 11.3 Å². The molecule has 0 bridgehead atoms. The van der Waals surface area contributed by atoms with Crippen LogP contribution in [0.4, 0.5) is 18.3 Å². The number of nitrogens with zero attached hydrogens (tertiary/aromatic N) is 2. The standard InChI is InChI=1S/C17H20F3N3O2S2/c18-17(19,20)15-5-3-13(4-6-15)12-27(24,25)22-10-14-2-1-8-23(11-14)16-21-7-9-26-16/h3-7,9,14,22H,1-2,8,10-12H2. The van der Waals surface area contributed by atoms with Crippen LogP contribution >= 0.6 is 11.3 Å². The normalized spacial score (nSPS) is 18.6. The lowest BCUT2D eigenvalue weighted by atomic mass is 9.99. The van der Waals surface area contributed by atoms with Gasteiger partial charge in [0.1, 0.15) is 0 Å². The first-order valence-corrected chi connectivity index (χ1v) is 11.0. The molecule has 1 aromatic carbocycles. The third-order valence-corrected chi connectivity index (χ3v) is 6.59. The molecule has 1 fully saturated rings. The number of alkyl halides is 3. The third-order valence-electron chi connectivity index (χ3n) is 4.44. The van der Waals surface area contributed by atoms with Gasteiger partial charge in [0.2, 0.25) is 10.0 Å². The number of aromatic nitrogens is 1. The van der Waals surface area contributed by atoms with Crippen molar-refractivity contribution < 1.29 is 21.6 Å². The first-order valence-electron chi connectivity index (χ1n) is 8.51. The van der Waals surface area contributed by atoms with Gasteiger partial charge in [-0.3, -0.25) is 0 Å². The molecule has 2 aromatic rings. The van der Waals surface area contributed by atoms with Crippen LogP contribution < -0.4 is 9.62 Å². The molecule has 148 valence electrons. The van der Waals surface area contributed by atoms with Gasteiger partial charge in [0.25, 0.3) is 0 Å². The first-order chi connectivity index (χ1) is 12.7. The molecule has 1 aliphatic heterocycles. The van der Waals surface area contributed by atoms with E-state index in [2.05, 4.69) is 14.6 Å². The van der Waals surface area contributed by atoms with Crippen molar-refractivity contribution in [2.24, 2.45) is 5.92 Å². The zero-order valence-corrected chi connectivity index (χ0v) is 16.1. The van der Waals surface area contributed by atoms with Gasteiger partial charge in [-0.1, -0.05) is 12.1 Å². The number of piperidine rings is 1. The maximum Gasteiger partial charge on any atom is 0.416 e. The average Bonchev–Trinajstić information content (AvgIpc) is 3.14. The summed E-state index contributed by atoms with van der Waals surface area (Å²) in [6.07, 6.45) is -0.800. The Hall–Kier alpha value is -1.65. The molecule has 2 heterocycles. The zero-order valence-electron chi connectivity index (χ0n) is 14.4. The highest BCUT2D eigenvalue weighted by atomic mass is 32.2. The number of halogens is 3. The molecule has 1 N–H and O–H groups in total. The number of thiazole rings is 1. The fourth-order valence-electron chi connectivity index (χ4n) is 3.08. The van der Waals surface area contributed by atoms with Gasteiger partial charge in [-0.05, 0) is 36.5 Å². The summed E-state index contributed by atoms with van der Waals surface area (Å²) in [6.45, 7) is 1.95. The monoisotopic (exact) mass is 419 g/mol. The summed E-state index contributed by atoms with van der Waals surface area (Å²) >= 11 is 1.56. The summed E-state index contributed by atoms with van der Waals surface area (Å²) < 4.78 is 64.9. The summed E-state index contributed by atoms with van der Waals surface area (Å²) in [4.78, 5) is 6.44. The summed E-state index contributed by atoms with van der Waals surface area (Å²) in [5.41, 5.74) is -0.468. The van der Waals surface area contributed by atoms with Crippen molar-refractivity contribution in [3.05, 3.63) is 47.0 Å². The van der Waals surface area contributed by atoms with Gasteiger partial charge in [0.15, 0.2) is 5.13 Å². The van der Waals surface area contributed by atoms with Gasteiger partial charge in [-0.2, -0.15) is 13.2 Å². The fraction of sp³-hybridized carbons (Fsp3) is 0.471. The van der Waals surface area contributed by atoms with E-state index in [1.54, 1.807) is 17.5 Å². The number of hydrogen-bond donors (Lipinski definition) is 1. The number of benzene rings is 1. The molecule has 0 amide bonds. The Morgan fingerprint density at radius 2 is 2.00 bits per heavy atom. The van der Waals surface area contributed by atoms with Crippen molar-refractivity contribution in [2.75, 3.05) is 24.5 Å². The second-order valence-electron chi connectivity index (χ2n) is 6.57. The lowest BCUT2D eigenvalue weighted by molar-refractivity contribution is -0.137. The Bertz CT molecular complexity index is 837. The molecule has 0 radical (unpaired) electrons. The molecule has 1 aromatic heterocycles. The smallest absolute Gasteiger partial charge is 0.348 e. The van der Waals surface area contributed by atoms with Crippen LogP contribution in [0, 0.1) is 5.92 Å². The molecule has 10 heteroatoms. The maximum atomic E-state index is 12.6. The Morgan fingerprint density at radius 3 is 2.63 bits per heavy atom. The van der Waals surface area contributed by atoms with Crippen LogP contribution in [-0.4, -0.2) is 33.0 Å². The largest absolute Gasteiger partial charge is 0.416 e. The fourth-order valence-corrected chi connectivity index (χ4v) is 4.99. The Kier molecular flexibility index (Phi) is 6.07. The molecule has 1 aliphatic rings. The van der Waals surface area contributed by atoms with E-state index in [1.165, 1.54) is 12.1 Å². The lowest BCUT2D eigenvalue weighted by Crippen LogP contribution is -2.41. The van der Waals surface area contributed by atoms with Crippen molar-refractivity contribution in [3.63, 3.8) is 0 Å². The topological polar surface area (TPSA) is 62.3 Å². The summed E-state index contributed by atoms with van der Waals surface area (Å²) in [5.74, 6) is -0.168. The average molecular weight is 419 g/mol. The summed E-state index contributed by atoms with van der Waals surface area (Å²) in [5, 5.41) is 2.85. The van der Waals surface area contributed by atoms with Crippen LogP contribution in [-0.2, 0) is 22.0 Å². The predicted molar refractivity (Wildman–Crippen MR) is 99.1 cm³/mol. The second kappa shape index (κ2) is 8.15. The molecule has 0 saturated carbocycles. The lowest BCUT2D eigenvalue weighted by Gasteiger charge is -2.32. The van der Waals surface area contributed by atoms with Crippen molar-refractivity contribution >= 4 is 26.5 Å². The number of rotatable bonds is 6. The van der Waals surface area contributed by atoms with Gasteiger partial charge in [0, 0.05) is 31.2 Å². The van der Waals surface area contributed by atoms with Crippen LogP contribution in [0.25, 0.3) is 0 Å². The van der Waals surface area contributed by atoms with Crippen molar-refractivity contribution in [3.8, 4) is 0 Å². The molecule has 3 rings (SSSR count). The molecule has 5 nitrogen and oxygen atoms in total. The zero-order chi connectivity index (χ0) is 19.5. The minimum Gasteiger partial charge on any atom is -0.348 e. The highest BCUT2D eigenvalue weighted by Gasteiger charge is 2.30. The van der Waals surface area contributed by atoms with Crippen molar-refractivity contribution in [1.29, 1.82) is 0 Å². The second-order valence-corrected chi connectivity index (χ2v) is 9.25. The molecule has 0 aliphatic carbocycles. The first kappa shape index (κ1) is 20.1. The molecule has 27 heavy (non-hydrogen) atoms. The van der Waals surface area contributed by atoms with Gasteiger partial charge < -0.3 is 4.90 Å². The SMILES string of the molecule is O=S(=O)(Cc1ccc(C(F)(F)F)cc1)NCC1CCCN(c2nccs2)C1. The molecule has 1 atom stereocenters. The van der Waals surface area contributed by atoms with Gasteiger partial charge in [-0.15, -0.1) is 11.3 Å². The quantitative estimate of drug-likeness (QED) is 0.779. The Labute approximate surface area is 160 Å². The van der Waals surface area contributed by atoms with Crippen molar-refractivity contribution in [2.45, 2.75) is 24.8 Å². The summed E-state index contributed by atoms with van der Waals surface area (Å²) in [7, 11) is -3.62. The van der Waals surface area contributed by atoms with E-state index in [9.17, 15) is 21.6 Å². The van der Waals surface area contributed by atoms with Crippen LogP contribution in [0.2, 0.25) is 0 Å². The third kappa shape index (κ3) is 5.66. The highest BCUT2D eigenvalue weighted by Crippen LogP contribution is 2.29. The predicted octanol–water partition coefficient (Wildman–Crippen LogP) is 3.50. The van der Waals surface area contributed by atoms with E-state index < -0.39 is 21.8 Å². The van der Waals surface area contributed by atoms with E-state index in [-0.39, 0.29) is 11.7 Å². The summed E-state index contributed by atoms with van der Waals surface area (Å²) in [6, 6.07) is 4.20. The number of nitrogens with one attached hydrogen (secondary N) is 1. The van der Waals surface area contributed by atoms with E-state index in [1.807, 2.05) is 5.38 Å². The maximum absolute atomic E-state index is 12.6. The van der Waals surface area contributed by atoms with Crippen molar-refractivity contribution in [1.82, 2.24) is 9.71 Å². The number of anilines is 1. The number of sulfonamides is 1. The van der Waals surface area contributed by atoms with E-state index in [0.29, 0.717) is 12.1 Å². The van der Waals surface area contributed by atoms with Crippen LogP contribution in [0.15, 0.2) is 35.8 Å².